The van der Waals surface area contributed by atoms with Crippen molar-refractivity contribution in [3.8, 4) is 5.75 Å². The zero-order chi connectivity index (χ0) is 17.7. The molecule has 0 saturated heterocycles. The fourth-order valence-electron chi connectivity index (χ4n) is 2.43. The summed E-state index contributed by atoms with van der Waals surface area (Å²) >= 11 is 0. The van der Waals surface area contributed by atoms with Crippen LogP contribution in [0.3, 0.4) is 0 Å². The fraction of sp³-hybridized carbons (Fsp3) is 0.353. The molecule has 0 aliphatic heterocycles. The van der Waals surface area contributed by atoms with E-state index in [1.54, 1.807) is 24.3 Å². The third-order valence-corrected chi connectivity index (χ3v) is 3.78. The van der Waals surface area contributed by atoms with Gasteiger partial charge in [0.15, 0.2) is 6.61 Å². The van der Waals surface area contributed by atoms with Gasteiger partial charge in [-0.05, 0) is 50.1 Å². The van der Waals surface area contributed by atoms with Crippen LogP contribution in [0.1, 0.15) is 23.4 Å². The van der Waals surface area contributed by atoms with E-state index in [9.17, 15) is 9.59 Å². The van der Waals surface area contributed by atoms with Crippen molar-refractivity contribution in [2.75, 3.05) is 11.9 Å². The van der Waals surface area contributed by atoms with E-state index in [1.165, 1.54) is 0 Å². The maximum atomic E-state index is 12.1. The Morgan fingerprint density at radius 2 is 1.92 bits per heavy atom. The summed E-state index contributed by atoms with van der Waals surface area (Å²) in [6, 6.07) is 6.78. The molecule has 128 valence electrons. The van der Waals surface area contributed by atoms with Crippen molar-refractivity contribution < 1.29 is 14.3 Å². The zero-order valence-electron chi connectivity index (χ0n) is 14.1. The quantitative estimate of drug-likeness (QED) is 0.803. The molecule has 0 radical (unpaired) electrons. The zero-order valence-corrected chi connectivity index (χ0v) is 14.1. The van der Waals surface area contributed by atoms with Gasteiger partial charge in [0.1, 0.15) is 5.75 Å². The molecule has 7 heteroatoms. The number of ether oxygens (including phenoxy) is 1. The van der Waals surface area contributed by atoms with Crippen LogP contribution in [0.5, 0.6) is 5.75 Å². The van der Waals surface area contributed by atoms with Crippen LogP contribution in [0, 0.1) is 13.8 Å². The van der Waals surface area contributed by atoms with Crippen LogP contribution in [0.15, 0.2) is 24.3 Å². The van der Waals surface area contributed by atoms with Crippen LogP contribution < -0.4 is 15.8 Å². The average molecular weight is 330 g/mol. The highest BCUT2D eigenvalue weighted by Crippen LogP contribution is 2.17. The molecule has 0 atom stereocenters. The van der Waals surface area contributed by atoms with Crippen LogP contribution in [0.4, 0.5) is 5.69 Å². The summed E-state index contributed by atoms with van der Waals surface area (Å²) in [7, 11) is 1.90. The van der Waals surface area contributed by atoms with E-state index in [0.29, 0.717) is 24.3 Å². The molecule has 1 aromatic heterocycles. The predicted octanol–water partition coefficient (Wildman–Crippen LogP) is 1.47. The monoisotopic (exact) mass is 330 g/mol. The molecule has 24 heavy (non-hydrogen) atoms. The lowest BCUT2D eigenvalue weighted by atomic mass is 10.1. The SMILES string of the molecule is Cc1nn(C)c(C)c1CCC(=O)Nc1ccc(OCC(N)=O)cc1. The molecule has 1 heterocycles. The molecule has 0 aliphatic rings. The Balaban J connectivity index is 1.87. The van der Waals surface area contributed by atoms with Gasteiger partial charge >= 0.3 is 0 Å². The summed E-state index contributed by atoms with van der Waals surface area (Å²) < 4.78 is 6.99. The van der Waals surface area contributed by atoms with Crippen molar-refractivity contribution in [2.24, 2.45) is 12.8 Å². The lowest BCUT2D eigenvalue weighted by molar-refractivity contribution is -0.120. The molecule has 0 saturated carbocycles. The summed E-state index contributed by atoms with van der Waals surface area (Å²) in [5.74, 6) is -0.0785. The number of amides is 2. The molecule has 2 amide bonds. The Hall–Kier alpha value is -2.83. The molecule has 0 bridgehead atoms. The molecule has 7 nitrogen and oxygen atoms in total. The summed E-state index contributed by atoms with van der Waals surface area (Å²) in [6.45, 7) is 3.78. The number of rotatable bonds is 7. The molecular formula is C17H22N4O3. The number of carbonyl (C=O) groups excluding carboxylic acids is 2. The van der Waals surface area contributed by atoms with Gasteiger partial charge in [-0.3, -0.25) is 14.3 Å². The van der Waals surface area contributed by atoms with E-state index in [2.05, 4.69) is 10.4 Å². The lowest BCUT2D eigenvalue weighted by Gasteiger charge is -2.07. The Bertz CT molecular complexity index is 735. The van der Waals surface area contributed by atoms with Crippen molar-refractivity contribution in [1.82, 2.24) is 9.78 Å². The number of primary amides is 1. The normalized spacial score (nSPS) is 10.5. The molecule has 0 spiro atoms. The van der Waals surface area contributed by atoms with Crippen LogP contribution in [-0.2, 0) is 23.1 Å². The first-order valence-corrected chi connectivity index (χ1v) is 7.67. The van der Waals surface area contributed by atoms with Gasteiger partial charge in [-0.15, -0.1) is 0 Å². The minimum Gasteiger partial charge on any atom is -0.484 e. The van der Waals surface area contributed by atoms with E-state index >= 15 is 0 Å². The van der Waals surface area contributed by atoms with Gasteiger partial charge in [-0.2, -0.15) is 5.10 Å². The highest BCUT2D eigenvalue weighted by Gasteiger charge is 2.11. The predicted molar refractivity (Wildman–Crippen MR) is 90.8 cm³/mol. The van der Waals surface area contributed by atoms with Crippen LogP contribution in [0.2, 0.25) is 0 Å². The number of benzene rings is 1. The first-order chi connectivity index (χ1) is 11.4. The molecule has 1 aromatic carbocycles. The standard InChI is InChI=1S/C17H22N4O3/c1-11-15(12(2)21(3)20-11)8-9-17(23)19-13-4-6-14(7-5-13)24-10-16(18)22/h4-7H,8-10H2,1-3H3,(H2,18,22)(H,19,23). The molecular weight excluding hydrogens is 308 g/mol. The number of aryl methyl sites for hydroxylation is 2. The number of anilines is 1. The van der Waals surface area contributed by atoms with Crippen molar-refractivity contribution in [2.45, 2.75) is 26.7 Å². The van der Waals surface area contributed by atoms with Crippen LogP contribution in [0.25, 0.3) is 0 Å². The van der Waals surface area contributed by atoms with Gasteiger partial charge in [0.2, 0.25) is 5.91 Å². The number of nitrogens with one attached hydrogen (secondary N) is 1. The van der Waals surface area contributed by atoms with Crippen molar-refractivity contribution in [1.29, 1.82) is 0 Å². The average Bonchev–Trinajstić information content (AvgIpc) is 2.77. The van der Waals surface area contributed by atoms with E-state index in [-0.39, 0.29) is 12.5 Å². The minimum absolute atomic E-state index is 0.0662. The number of hydrogen-bond acceptors (Lipinski definition) is 4. The van der Waals surface area contributed by atoms with Crippen molar-refractivity contribution >= 4 is 17.5 Å². The van der Waals surface area contributed by atoms with Gasteiger partial charge in [0.05, 0.1) is 5.69 Å². The molecule has 0 aliphatic carbocycles. The molecule has 2 aromatic rings. The highest BCUT2D eigenvalue weighted by atomic mass is 16.5. The van der Waals surface area contributed by atoms with E-state index in [1.807, 2.05) is 25.6 Å². The highest BCUT2D eigenvalue weighted by molar-refractivity contribution is 5.90. The molecule has 0 unspecified atom stereocenters. The third-order valence-electron chi connectivity index (χ3n) is 3.78. The van der Waals surface area contributed by atoms with Gasteiger partial charge in [-0.25, -0.2) is 0 Å². The number of hydrogen-bond donors (Lipinski definition) is 2. The van der Waals surface area contributed by atoms with Crippen molar-refractivity contribution in [3.05, 3.63) is 41.2 Å². The molecule has 2 rings (SSSR count). The Kier molecular flexibility index (Phi) is 5.57. The van der Waals surface area contributed by atoms with Crippen LogP contribution in [-0.4, -0.2) is 28.2 Å². The van der Waals surface area contributed by atoms with Gasteiger partial charge in [0, 0.05) is 24.8 Å². The van der Waals surface area contributed by atoms with E-state index < -0.39 is 5.91 Å². The first-order valence-electron chi connectivity index (χ1n) is 7.67. The Morgan fingerprint density at radius 1 is 1.25 bits per heavy atom. The van der Waals surface area contributed by atoms with Crippen LogP contribution >= 0.6 is 0 Å². The second kappa shape index (κ2) is 7.63. The van der Waals surface area contributed by atoms with Gasteiger partial charge in [-0.1, -0.05) is 0 Å². The second-order valence-electron chi connectivity index (χ2n) is 5.60. The summed E-state index contributed by atoms with van der Waals surface area (Å²) in [6.07, 6.45) is 1.03. The summed E-state index contributed by atoms with van der Waals surface area (Å²) in [5, 5.41) is 7.19. The second-order valence-corrected chi connectivity index (χ2v) is 5.60. The molecule has 3 N–H and O–H groups in total. The summed E-state index contributed by atoms with van der Waals surface area (Å²) in [4.78, 5) is 22.7. The first kappa shape index (κ1) is 17.5. The van der Waals surface area contributed by atoms with Gasteiger partial charge in [0.25, 0.3) is 5.91 Å². The maximum absolute atomic E-state index is 12.1. The largest absolute Gasteiger partial charge is 0.484 e. The number of nitrogens with zero attached hydrogens (tertiary/aromatic N) is 2. The smallest absolute Gasteiger partial charge is 0.255 e. The summed E-state index contributed by atoms with van der Waals surface area (Å²) in [5.41, 5.74) is 8.84. The van der Waals surface area contributed by atoms with Crippen molar-refractivity contribution in [3.63, 3.8) is 0 Å². The topological polar surface area (TPSA) is 99.2 Å². The minimum atomic E-state index is -0.534. The fourth-order valence-corrected chi connectivity index (χ4v) is 2.43. The number of carbonyl (C=O) groups is 2. The molecule has 0 fully saturated rings. The maximum Gasteiger partial charge on any atom is 0.255 e. The Labute approximate surface area is 140 Å². The Morgan fingerprint density at radius 3 is 2.46 bits per heavy atom. The number of aromatic nitrogens is 2. The van der Waals surface area contributed by atoms with E-state index in [0.717, 1.165) is 17.0 Å². The lowest BCUT2D eigenvalue weighted by Crippen LogP contribution is -2.20. The van der Waals surface area contributed by atoms with E-state index in [4.69, 9.17) is 10.5 Å². The third kappa shape index (κ3) is 4.58. The van der Waals surface area contributed by atoms with Gasteiger partial charge < -0.3 is 15.8 Å². The number of nitrogens with two attached hydrogens (primary N) is 1.